The van der Waals surface area contributed by atoms with Crippen LogP contribution in [-0.4, -0.2) is 44.3 Å². The van der Waals surface area contributed by atoms with E-state index >= 15 is 0 Å². The van der Waals surface area contributed by atoms with E-state index in [-0.39, 0.29) is 17.3 Å². The third kappa shape index (κ3) is 6.51. The van der Waals surface area contributed by atoms with Gasteiger partial charge in [-0.15, -0.1) is 0 Å². The predicted octanol–water partition coefficient (Wildman–Crippen LogP) is 4.05. The summed E-state index contributed by atoms with van der Waals surface area (Å²) >= 11 is 0. The zero-order valence-electron chi connectivity index (χ0n) is 21.1. The maximum atomic E-state index is 13.7. The number of nitrogens with one attached hydrogen (secondary N) is 1. The molecule has 3 aromatic carbocycles. The Labute approximate surface area is 213 Å². The van der Waals surface area contributed by atoms with E-state index in [0.717, 1.165) is 21.0 Å². The van der Waals surface area contributed by atoms with Crippen molar-refractivity contribution in [3.8, 4) is 0 Å². The fourth-order valence-electron chi connectivity index (χ4n) is 3.76. The normalized spacial score (nSPS) is 12.0. The van der Waals surface area contributed by atoms with E-state index < -0.39 is 28.5 Å². The van der Waals surface area contributed by atoms with Gasteiger partial charge in [0.1, 0.15) is 12.6 Å². The number of nitrogens with zero attached hydrogens (tertiary/aromatic N) is 2. The molecule has 0 fully saturated rings. The second-order valence-corrected chi connectivity index (χ2v) is 10.6. The molecule has 0 spiro atoms. The second-order valence-electron chi connectivity index (χ2n) is 8.74. The summed E-state index contributed by atoms with van der Waals surface area (Å²) in [7, 11) is -4.05. The Hall–Kier alpha value is -3.65. The molecular weight excluding hydrogens is 474 g/mol. The lowest BCUT2D eigenvalue weighted by Crippen LogP contribution is -2.51. The van der Waals surface area contributed by atoms with Gasteiger partial charge in [-0.2, -0.15) is 0 Å². The van der Waals surface area contributed by atoms with E-state index in [1.165, 1.54) is 17.0 Å². The fourth-order valence-corrected chi connectivity index (χ4v) is 5.17. The van der Waals surface area contributed by atoms with Gasteiger partial charge in [0.15, 0.2) is 0 Å². The molecule has 1 unspecified atom stereocenters. The van der Waals surface area contributed by atoms with E-state index in [1.54, 1.807) is 49.4 Å². The predicted molar refractivity (Wildman–Crippen MR) is 142 cm³/mol. The molecular formula is C28H33N3O4S. The van der Waals surface area contributed by atoms with Crippen LogP contribution in [0.4, 0.5) is 5.69 Å². The Morgan fingerprint density at radius 1 is 0.861 bits per heavy atom. The van der Waals surface area contributed by atoms with Crippen molar-refractivity contribution < 1.29 is 18.0 Å². The lowest BCUT2D eigenvalue weighted by atomic mass is 10.1. The number of carbonyl (C=O) groups excluding carboxylic acids is 2. The number of aryl methyl sites for hydroxylation is 2. The molecule has 1 N–H and O–H groups in total. The van der Waals surface area contributed by atoms with Crippen LogP contribution in [0.5, 0.6) is 0 Å². The van der Waals surface area contributed by atoms with E-state index in [4.69, 9.17) is 0 Å². The molecule has 0 bridgehead atoms. The molecule has 36 heavy (non-hydrogen) atoms. The van der Waals surface area contributed by atoms with Gasteiger partial charge < -0.3 is 10.2 Å². The molecule has 190 valence electrons. The highest BCUT2D eigenvalue weighted by Gasteiger charge is 2.32. The number of sulfonamides is 1. The SMILES string of the molecule is CCNC(=O)C(C)N(Cc1ccc(C)cc1)C(=O)CN(c1ccccc1)S(=O)(=O)c1ccc(C)cc1. The lowest BCUT2D eigenvalue weighted by molar-refractivity contribution is -0.139. The summed E-state index contributed by atoms with van der Waals surface area (Å²) in [6.45, 7) is 7.45. The van der Waals surface area contributed by atoms with Crippen LogP contribution in [0.15, 0.2) is 83.8 Å². The average Bonchev–Trinajstić information content (AvgIpc) is 2.87. The van der Waals surface area contributed by atoms with Crippen LogP contribution in [0.1, 0.15) is 30.5 Å². The molecule has 0 aliphatic carbocycles. The molecule has 3 aromatic rings. The molecule has 0 radical (unpaired) electrons. The molecule has 0 aliphatic heterocycles. The topological polar surface area (TPSA) is 86.8 Å². The van der Waals surface area contributed by atoms with Gasteiger partial charge in [-0.25, -0.2) is 8.42 Å². The molecule has 0 aliphatic rings. The van der Waals surface area contributed by atoms with Gasteiger partial charge in [-0.1, -0.05) is 65.7 Å². The Morgan fingerprint density at radius 2 is 1.42 bits per heavy atom. The first kappa shape index (κ1) is 26.9. The van der Waals surface area contributed by atoms with Crippen LogP contribution < -0.4 is 9.62 Å². The van der Waals surface area contributed by atoms with Crippen molar-refractivity contribution in [2.24, 2.45) is 0 Å². The molecule has 2 amide bonds. The zero-order valence-corrected chi connectivity index (χ0v) is 22.0. The van der Waals surface area contributed by atoms with Crippen molar-refractivity contribution in [1.29, 1.82) is 0 Å². The lowest BCUT2D eigenvalue weighted by Gasteiger charge is -2.32. The number of rotatable bonds is 10. The maximum Gasteiger partial charge on any atom is 0.264 e. The standard InChI is InChI=1S/C28H33N3O4S/c1-5-29-28(33)23(4)30(19-24-15-11-21(2)12-16-24)27(32)20-31(25-9-7-6-8-10-25)36(34,35)26-17-13-22(3)14-18-26/h6-18,23H,5,19-20H2,1-4H3,(H,29,33). The number of amides is 2. The van der Waals surface area contributed by atoms with Gasteiger partial charge in [-0.05, 0) is 57.5 Å². The maximum absolute atomic E-state index is 13.7. The number of likely N-dealkylation sites (N-methyl/N-ethyl adjacent to an activating group) is 1. The minimum Gasteiger partial charge on any atom is -0.355 e. The van der Waals surface area contributed by atoms with Crippen LogP contribution in [-0.2, 0) is 26.2 Å². The number of hydrogen-bond acceptors (Lipinski definition) is 4. The Bertz CT molecular complexity index is 1270. The van der Waals surface area contributed by atoms with Gasteiger partial charge in [-0.3, -0.25) is 13.9 Å². The monoisotopic (exact) mass is 507 g/mol. The summed E-state index contributed by atoms with van der Waals surface area (Å²) < 4.78 is 28.5. The van der Waals surface area contributed by atoms with Crippen LogP contribution in [0.25, 0.3) is 0 Å². The molecule has 3 rings (SSSR count). The Kier molecular flexibility index (Phi) is 8.88. The summed E-state index contributed by atoms with van der Waals surface area (Å²) in [5, 5.41) is 2.76. The van der Waals surface area contributed by atoms with Crippen LogP contribution in [0.3, 0.4) is 0 Å². The molecule has 7 nitrogen and oxygen atoms in total. The number of anilines is 1. The average molecular weight is 508 g/mol. The quantitative estimate of drug-likeness (QED) is 0.449. The molecule has 0 saturated carbocycles. The number of benzene rings is 3. The number of hydrogen-bond donors (Lipinski definition) is 1. The number of carbonyl (C=O) groups is 2. The minimum atomic E-state index is -4.05. The van der Waals surface area contributed by atoms with E-state index in [0.29, 0.717) is 12.2 Å². The van der Waals surface area contributed by atoms with Crippen molar-refractivity contribution in [2.45, 2.75) is 45.2 Å². The first-order valence-corrected chi connectivity index (χ1v) is 13.3. The Morgan fingerprint density at radius 3 is 1.97 bits per heavy atom. The van der Waals surface area contributed by atoms with Crippen molar-refractivity contribution >= 4 is 27.5 Å². The van der Waals surface area contributed by atoms with Gasteiger partial charge in [0.25, 0.3) is 10.0 Å². The summed E-state index contributed by atoms with van der Waals surface area (Å²) in [5.41, 5.74) is 3.22. The van der Waals surface area contributed by atoms with Crippen LogP contribution >= 0.6 is 0 Å². The molecule has 0 saturated heterocycles. The first-order chi connectivity index (χ1) is 17.1. The molecule has 1 atom stereocenters. The third-order valence-corrected chi connectivity index (χ3v) is 7.71. The largest absolute Gasteiger partial charge is 0.355 e. The van der Waals surface area contributed by atoms with Crippen molar-refractivity contribution in [2.75, 3.05) is 17.4 Å². The van der Waals surface area contributed by atoms with Crippen molar-refractivity contribution in [3.05, 3.63) is 95.6 Å². The third-order valence-electron chi connectivity index (χ3n) is 5.92. The minimum absolute atomic E-state index is 0.0895. The van der Waals surface area contributed by atoms with E-state index in [2.05, 4.69) is 5.32 Å². The summed E-state index contributed by atoms with van der Waals surface area (Å²) in [5.74, 6) is -0.778. The summed E-state index contributed by atoms with van der Waals surface area (Å²) in [6.07, 6.45) is 0. The molecule has 8 heteroatoms. The zero-order chi connectivity index (χ0) is 26.3. The summed E-state index contributed by atoms with van der Waals surface area (Å²) in [4.78, 5) is 27.9. The smallest absolute Gasteiger partial charge is 0.264 e. The second kappa shape index (κ2) is 11.9. The van der Waals surface area contributed by atoms with E-state index in [1.807, 2.05) is 45.0 Å². The van der Waals surface area contributed by atoms with Gasteiger partial charge in [0.2, 0.25) is 11.8 Å². The van der Waals surface area contributed by atoms with Gasteiger partial charge in [0, 0.05) is 13.1 Å². The first-order valence-electron chi connectivity index (χ1n) is 11.9. The van der Waals surface area contributed by atoms with Gasteiger partial charge in [0.05, 0.1) is 10.6 Å². The highest BCUT2D eigenvalue weighted by Crippen LogP contribution is 2.24. The Balaban J connectivity index is 1.99. The highest BCUT2D eigenvalue weighted by molar-refractivity contribution is 7.92. The molecule has 0 aromatic heterocycles. The van der Waals surface area contributed by atoms with Crippen molar-refractivity contribution in [3.63, 3.8) is 0 Å². The van der Waals surface area contributed by atoms with Crippen molar-refractivity contribution in [1.82, 2.24) is 10.2 Å². The van der Waals surface area contributed by atoms with Crippen LogP contribution in [0.2, 0.25) is 0 Å². The molecule has 0 heterocycles. The fraction of sp³-hybridized carbons (Fsp3) is 0.286. The summed E-state index contributed by atoms with van der Waals surface area (Å²) in [6, 6.07) is 21.9. The van der Waals surface area contributed by atoms with Crippen LogP contribution in [0, 0.1) is 13.8 Å². The van der Waals surface area contributed by atoms with E-state index in [9.17, 15) is 18.0 Å². The number of para-hydroxylation sites is 1. The highest BCUT2D eigenvalue weighted by atomic mass is 32.2. The van der Waals surface area contributed by atoms with Gasteiger partial charge >= 0.3 is 0 Å².